The topological polar surface area (TPSA) is 125 Å². The lowest BCUT2D eigenvalue weighted by atomic mass is 9.97. The third-order valence-corrected chi connectivity index (χ3v) is 7.95. The van der Waals surface area contributed by atoms with Crippen molar-refractivity contribution in [2.45, 2.75) is 56.9 Å². The lowest BCUT2D eigenvalue weighted by Gasteiger charge is -2.38. The van der Waals surface area contributed by atoms with Crippen LogP contribution in [-0.2, 0) is 39.6 Å². The molecule has 246 valence electrons. The Labute approximate surface area is 258 Å². The molecular formula is C30H28F6N4O6. The molecule has 0 radical (unpaired) electrons. The molecule has 0 spiro atoms. The molecule has 1 amide bonds. The number of methoxy groups -OCH3 is 1. The first-order valence-electron chi connectivity index (χ1n) is 14.0. The van der Waals surface area contributed by atoms with E-state index in [1.807, 2.05) is 0 Å². The molecule has 0 aliphatic carbocycles. The summed E-state index contributed by atoms with van der Waals surface area (Å²) < 4.78 is 91.9. The number of carbonyl (C=O) groups excluding carboxylic acids is 1. The maximum Gasteiger partial charge on any atom is 0.416 e. The number of cyclic esters (lactones) is 1. The third kappa shape index (κ3) is 6.80. The van der Waals surface area contributed by atoms with E-state index in [0.717, 1.165) is 4.90 Å². The van der Waals surface area contributed by atoms with Gasteiger partial charge in [-0.2, -0.15) is 26.3 Å². The van der Waals surface area contributed by atoms with E-state index in [2.05, 4.69) is 9.97 Å². The highest BCUT2D eigenvalue weighted by Crippen LogP contribution is 2.42. The number of ether oxygens (including phenoxy) is 2. The number of phenolic OH excluding ortho intramolecular Hbond substituents is 1. The number of carboxylic acids is 1. The van der Waals surface area contributed by atoms with Crippen molar-refractivity contribution in [2.75, 3.05) is 25.1 Å². The highest BCUT2D eigenvalue weighted by molar-refractivity contribution is 5.75. The molecule has 0 unspecified atom stereocenters. The summed E-state index contributed by atoms with van der Waals surface area (Å²) in [4.78, 5) is 36.1. The fourth-order valence-corrected chi connectivity index (χ4v) is 5.32. The fourth-order valence-electron chi connectivity index (χ4n) is 5.32. The smallest absolute Gasteiger partial charge is 0.416 e. The number of aromatic hydroxyl groups is 1. The van der Waals surface area contributed by atoms with E-state index in [0.29, 0.717) is 30.8 Å². The van der Waals surface area contributed by atoms with Gasteiger partial charge in [0.25, 0.3) is 0 Å². The Hall–Kier alpha value is -4.60. The number of hydrogen-bond donors (Lipinski definition) is 2. The number of nitrogens with zero attached hydrogens (tertiary/aromatic N) is 4. The average molecular weight is 655 g/mol. The molecule has 0 bridgehead atoms. The molecule has 5 rings (SSSR count). The van der Waals surface area contributed by atoms with Gasteiger partial charge >= 0.3 is 24.4 Å². The Kier molecular flexibility index (Phi) is 8.77. The number of aryl methyl sites for hydroxylation is 1. The minimum Gasteiger partial charge on any atom is -0.507 e. The van der Waals surface area contributed by atoms with E-state index in [1.54, 1.807) is 24.1 Å². The zero-order chi connectivity index (χ0) is 33.6. The minimum atomic E-state index is -5.09. The van der Waals surface area contributed by atoms with E-state index >= 15 is 0 Å². The Morgan fingerprint density at radius 1 is 1.04 bits per heavy atom. The number of aliphatic carboxylic acids is 1. The van der Waals surface area contributed by atoms with Gasteiger partial charge in [-0.05, 0) is 54.8 Å². The van der Waals surface area contributed by atoms with Gasteiger partial charge in [-0.25, -0.2) is 14.8 Å². The molecule has 2 aromatic carbocycles. The molecule has 3 heterocycles. The Balaban J connectivity index is 1.51. The van der Waals surface area contributed by atoms with Crippen molar-refractivity contribution in [3.8, 4) is 16.9 Å². The Morgan fingerprint density at radius 2 is 1.70 bits per heavy atom. The lowest BCUT2D eigenvalue weighted by molar-refractivity contribution is -0.143. The normalized spacial score (nSPS) is 18.9. The summed E-state index contributed by atoms with van der Waals surface area (Å²) in [6.07, 6.45) is -11.3. The Bertz CT molecular complexity index is 1610. The summed E-state index contributed by atoms with van der Waals surface area (Å²) in [5.74, 6) is -0.956. The monoisotopic (exact) mass is 654 g/mol. The first-order valence-corrected chi connectivity index (χ1v) is 14.0. The second-order valence-corrected chi connectivity index (χ2v) is 11.1. The number of benzene rings is 2. The quantitative estimate of drug-likeness (QED) is 0.275. The highest BCUT2D eigenvalue weighted by Gasteiger charge is 2.44. The maximum atomic E-state index is 13.5. The van der Waals surface area contributed by atoms with Crippen molar-refractivity contribution in [1.82, 2.24) is 14.9 Å². The molecule has 2 fully saturated rings. The second-order valence-electron chi connectivity index (χ2n) is 11.1. The van der Waals surface area contributed by atoms with Crippen LogP contribution in [0.4, 0.5) is 37.1 Å². The van der Waals surface area contributed by atoms with Crippen LogP contribution >= 0.6 is 0 Å². The van der Waals surface area contributed by atoms with Gasteiger partial charge in [0.2, 0.25) is 5.95 Å². The van der Waals surface area contributed by atoms with Crippen LogP contribution in [0.2, 0.25) is 0 Å². The lowest BCUT2D eigenvalue weighted by Crippen LogP contribution is -2.52. The minimum absolute atomic E-state index is 0.00161. The first-order chi connectivity index (χ1) is 21.5. The molecule has 0 saturated carbocycles. The third-order valence-electron chi connectivity index (χ3n) is 7.95. The molecule has 16 heteroatoms. The van der Waals surface area contributed by atoms with Gasteiger partial charge in [0.05, 0.1) is 35.5 Å². The number of phenols is 1. The van der Waals surface area contributed by atoms with Crippen molar-refractivity contribution < 1.29 is 55.6 Å². The van der Waals surface area contributed by atoms with E-state index in [1.165, 1.54) is 19.2 Å². The molecule has 2 N–H and O–H groups in total. The predicted molar refractivity (Wildman–Crippen MR) is 149 cm³/mol. The molecule has 1 aromatic heterocycles. The van der Waals surface area contributed by atoms with Crippen LogP contribution in [0.25, 0.3) is 11.1 Å². The van der Waals surface area contributed by atoms with Gasteiger partial charge in [-0.15, -0.1) is 0 Å². The number of alkyl halides is 6. The van der Waals surface area contributed by atoms with Crippen LogP contribution in [0.15, 0.2) is 42.6 Å². The highest BCUT2D eigenvalue weighted by atomic mass is 19.4. The average Bonchev–Trinajstić information content (AvgIpc) is 3.24. The second kappa shape index (κ2) is 12.3. The number of halogens is 6. The van der Waals surface area contributed by atoms with Crippen LogP contribution in [0, 0.1) is 0 Å². The van der Waals surface area contributed by atoms with E-state index in [-0.39, 0.29) is 60.1 Å². The van der Waals surface area contributed by atoms with Gasteiger partial charge in [0.15, 0.2) is 0 Å². The molecule has 2 atom stereocenters. The summed E-state index contributed by atoms with van der Waals surface area (Å²) in [6, 6.07) is 4.49. The molecule has 10 nitrogen and oxygen atoms in total. The Morgan fingerprint density at radius 3 is 2.28 bits per heavy atom. The van der Waals surface area contributed by atoms with Crippen molar-refractivity contribution in [1.29, 1.82) is 0 Å². The number of aromatic nitrogens is 2. The van der Waals surface area contributed by atoms with Gasteiger partial charge in [-0.3, -0.25) is 9.69 Å². The van der Waals surface area contributed by atoms with Crippen molar-refractivity contribution in [3.05, 3.63) is 70.5 Å². The summed E-state index contributed by atoms with van der Waals surface area (Å²) in [5, 5.41) is 19.8. The molecule has 2 saturated heterocycles. The van der Waals surface area contributed by atoms with Crippen molar-refractivity contribution in [2.24, 2.45) is 0 Å². The first kappa shape index (κ1) is 32.8. The summed E-state index contributed by atoms with van der Waals surface area (Å²) in [7, 11) is 1.55. The molecular weight excluding hydrogens is 626 g/mol. The van der Waals surface area contributed by atoms with Crippen molar-refractivity contribution >= 4 is 18.0 Å². The van der Waals surface area contributed by atoms with Crippen LogP contribution < -0.4 is 4.90 Å². The summed E-state index contributed by atoms with van der Waals surface area (Å²) in [5.41, 5.74) is -2.29. The maximum absolute atomic E-state index is 13.5. The SMILES string of the molecule is COC1CN(c2ncc(-c3cc(CCC(=O)O)ccc3O)c(CN3C(=O)O[C@H](c4cc(C(F)(F)F)cc(C(F)(F)F)c4)[C@@H]3C)n2)C1. The molecule has 2 aliphatic rings. The number of carboxylic acid groups (broad SMARTS) is 1. The number of anilines is 1. The number of hydrogen-bond acceptors (Lipinski definition) is 8. The van der Waals surface area contributed by atoms with Crippen LogP contribution in [0.5, 0.6) is 5.75 Å². The van der Waals surface area contributed by atoms with E-state index in [9.17, 15) is 41.0 Å². The van der Waals surface area contributed by atoms with Gasteiger partial charge in [-0.1, -0.05) is 6.07 Å². The number of amides is 1. The van der Waals surface area contributed by atoms with Crippen LogP contribution in [-0.4, -0.2) is 69.5 Å². The zero-order valence-corrected chi connectivity index (χ0v) is 24.4. The largest absolute Gasteiger partial charge is 0.507 e. The van der Waals surface area contributed by atoms with E-state index in [4.69, 9.17) is 14.6 Å². The summed E-state index contributed by atoms with van der Waals surface area (Å²) >= 11 is 0. The fraction of sp³-hybridized carbons (Fsp3) is 0.400. The number of carbonyl (C=O) groups is 2. The zero-order valence-electron chi connectivity index (χ0n) is 24.4. The summed E-state index contributed by atoms with van der Waals surface area (Å²) in [6.45, 7) is 2.04. The van der Waals surface area contributed by atoms with Crippen LogP contribution in [0.1, 0.15) is 47.4 Å². The van der Waals surface area contributed by atoms with Crippen LogP contribution in [0.3, 0.4) is 0 Å². The van der Waals surface area contributed by atoms with Gasteiger partial charge in [0, 0.05) is 43.9 Å². The number of rotatable bonds is 9. The molecule has 3 aromatic rings. The van der Waals surface area contributed by atoms with E-state index < -0.39 is 53.3 Å². The predicted octanol–water partition coefficient (Wildman–Crippen LogP) is 5.82. The molecule has 46 heavy (non-hydrogen) atoms. The van der Waals surface area contributed by atoms with Gasteiger partial charge in [0.1, 0.15) is 11.9 Å². The van der Waals surface area contributed by atoms with Gasteiger partial charge < -0.3 is 24.6 Å². The van der Waals surface area contributed by atoms with Crippen molar-refractivity contribution in [3.63, 3.8) is 0 Å². The molecule has 2 aliphatic heterocycles. The standard InChI is InChI=1S/C30H28F6N4O6/c1-15-26(17-8-18(29(31,32)33)10-19(9-17)30(34,35)36)46-28(44)40(15)14-23-22(11-37-27(38-23)39-12-20(13-39)45-2)21-7-16(3-5-24(21)41)4-6-25(42)43/h3,5,7-11,15,20,26,41H,4,6,12-14H2,1-2H3,(H,42,43)/t15-,26-/m0/s1.